The average molecular weight is 1090 g/mol. The molecule has 1 spiro atoms. The number of fused-ring (bicyclic) bond motifs is 7. The van der Waals surface area contributed by atoms with E-state index in [0.717, 1.165) is 123 Å². The second-order valence-electron chi connectivity index (χ2n) is 25.9. The fraction of sp³-hybridized carbons (Fsp3) is 0.717. The van der Waals surface area contributed by atoms with Crippen LogP contribution < -0.4 is 25.9 Å². The van der Waals surface area contributed by atoms with Crippen molar-refractivity contribution < 1.29 is 38.1 Å². The lowest BCUT2D eigenvalue weighted by atomic mass is 9.84. The van der Waals surface area contributed by atoms with E-state index >= 15 is 4.79 Å². The van der Waals surface area contributed by atoms with Gasteiger partial charge in [0.15, 0.2) is 0 Å². The van der Waals surface area contributed by atoms with E-state index in [1.165, 1.54) is 12.8 Å². The predicted octanol–water partition coefficient (Wildman–Crippen LogP) is 4.35. The number of amides is 3. The van der Waals surface area contributed by atoms with Gasteiger partial charge < -0.3 is 43.5 Å². The number of hydrogen-bond acceptors (Lipinski definition) is 15. The number of methoxy groups -OCH3 is 1. The lowest BCUT2D eigenvalue weighted by Gasteiger charge is -2.44. The number of cyclic esters (lactones) is 1. The van der Waals surface area contributed by atoms with Gasteiger partial charge in [-0.2, -0.15) is 0 Å². The molecule has 9 aliphatic rings. The van der Waals surface area contributed by atoms with Gasteiger partial charge in [-0.1, -0.05) is 27.7 Å². The topological polar surface area (TPSA) is 188 Å². The molecule has 0 radical (unpaired) electrons. The van der Waals surface area contributed by atoms with Crippen LogP contribution >= 0.6 is 0 Å². The Morgan fingerprint density at radius 3 is 2.56 bits per heavy atom. The van der Waals surface area contributed by atoms with E-state index in [2.05, 4.69) is 111 Å². The van der Waals surface area contributed by atoms with Crippen molar-refractivity contribution in [2.75, 3.05) is 115 Å². The van der Waals surface area contributed by atoms with Crippen LogP contribution in [0.1, 0.15) is 104 Å². The highest BCUT2D eigenvalue weighted by Gasteiger charge is 2.55. The van der Waals surface area contributed by atoms with Gasteiger partial charge in [0.05, 0.1) is 74.0 Å². The van der Waals surface area contributed by atoms with E-state index in [0.29, 0.717) is 70.0 Å². The SMILES string of the molecule is CCn1c(-c2cc(N3CCN4CCOC[C@@H]4C3)cnc2[C@H](C)OC)c2c3cc(ccc31)N1CCO[C@@H](C[C@H](NC(=O)[C@H](C(C)C)N3CC[C@]4(CCN(C(=O)[C@@H]5N[C@@H]5C5CC5)C4)C3)C(=O)N3CCC[C@H](N3)C(=O)OCC(C)(C)C2)C1. The minimum Gasteiger partial charge on any atom is -0.464 e. The van der Waals surface area contributed by atoms with Gasteiger partial charge in [-0.05, 0) is 107 Å². The van der Waals surface area contributed by atoms with Crippen LogP contribution in [0.15, 0.2) is 30.5 Å². The molecule has 1 aromatic carbocycles. The molecule has 7 saturated heterocycles. The number of aromatic nitrogens is 2. The molecule has 3 aromatic rings. The van der Waals surface area contributed by atoms with E-state index in [4.69, 9.17) is 23.9 Å². The van der Waals surface area contributed by atoms with Crippen LogP contribution in [0.3, 0.4) is 0 Å². The van der Waals surface area contributed by atoms with Crippen molar-refractivity contribution in [3.8, 4) is 11.3 Å². The number of rotatable bonds is 11. The number of ether oxygens (including phenoxy) is 4. The summed E-state index contributed by atoms with van der Waals surface area (Å²) in [6.45, 7) is 23.8. The second kappa shape index (κ2) is 22.1. The van der Waals surface area contributed by atoms with Crippen LogP contribution in [-0.4, -0.2) is 201 Å². The Labute approximate surface area is 466 Å². The van der Waals surface area contributed by atoms with Gasteiger partial charge in [0.1, 0.15) is 18.1 Å². The number of benzene rings is 1. The van der Waals surface area contributed by atoms with E-state index in [1.54, 1.807) is 12.1 Å². The molecule has 9 atom stereocenters. The van der Waals surface area contributed by atoms with Crippen molar-refractivity contribution in [1.82, 2.24) is 45.3 Å². The number of morpholine rings is 2. The highest BCUT2D eigenvalue weighted by molar-refractivity contribution is 5.95. The average Bonchev–Trinajstić information content (AvgIpc) is 4.52. The Kier molecular flexibility index (Phi) is 15.3. The summed E-state index contributed by atoms with van der Waals surface area (Å²) in [6.07, 6.45) is 7.59. The number of aryl methyl sites for hydroxylation is 1. The number of piperazine rings is 1. The zero-order valence-electron chi connectivity index (χ0n) is 48.0. The maximum Gasteiger partial charge on any atom is 0.324 e. The van der Waals surface area contributed by atoms with Gasteiger partial charge in [-0.25, -0.2) is 5.43 Å². The maximum absolute atomic E-state index is 15.0. The standard InChI is InChI=1S/C60H87N11O8/c1-8-70-49-14-13-40-26-44(49)46(54(70)45-27-41(30-61-50(45)38(4)76-7)66-21-20-65-22-24-77-33-42(65)31-66)29-59(5,6)36-79-58(75)47-10-9-17-71(64-47)56(73)48(28-43-32-67(40)23-25-78-43)62-55(72)53(37(2)3)68-18-15-60(34-68)16-19-69(35-60)57(74)52-51(63-52)39-11-12-39/h13-14,26-27,30,37-39,42-43,47-48,51-53,63-64H,8-12,15-25,28-29,31-36H2,1-7H3,(H,62,72)/t38-,42-,43-,47-,48-,51+,52+,53-,60-/m0/s1. The Hall–Kier alpha value is -4.89. The predicted molar refractivity (Wildman–Crippen MR) is 301 cm³/mol. The first-order valence-corrected chi connectivity index (χ1v) is 30.0. The monoisotopic (exact) mass is 1090 g/mol. The minimum absolute atomic E-state index is 0.0354. The normalized spacial score (nSPS) is 30.6. The number of anilines is 2. The number of carbonyl (C=O) groups excluding carboxylic acids is 4. The molecule has 79 heavy (non-hydrogen) atoms. The van der Waals surface area contributed by atoms with E-state index in [1.807, 2.05) is 6.20 Å². The van der Waals surface area contributed by atoms with Gasteiger partial charge in [-0.15, -0.1) is 0 Å². The summed E-state index contributed by atoms with van der Waals surface area (Å²) >= 11 is 0. The zero-order valence-corrected chi connectivity index (χ0v) is 48.0. The first kappa shape index (κ1) is 54.7. The number of carbonyl (C=O) groups is 4. The Morgan fingerprint density at radius 2 is 1.76 bits per heavy atom. The van der Waals surface area contributed by atoms with Crippen molar-refractivity contribution in [2.24, 2.45) is 22.7 Å². The van der Waals surface area contributed by atoms with Crippen LogP contribution in [0, 0.1) is 22.7 Å². The molecule has 8 fully saturated rings. The highest BCUT2D eigenvalue weighted by Crippen LogP contribution is 2.46. The molecule has 0 unspecified atom stereocenters. The lowest BCUT2D eigenvalue weighted by molar-refractivity contribution is -0.156. The summed E-state index contributed by atoms with van der Waals surface area (Å²) in [5, 5.41) is 9.43. The van der Waals surface area contributed by atoms with Gasteiger partial charge in [0.2, 0.25) is 11.8 Å². The Balaban J connectivity index is 0.849. The summed E-state index contributed by atoms with van der Waals surface area (Å²) < 4.78 is 27.3. The number of nitrogens with one attached hydrogen (secondary N) is 3. The highest BCUT2D eigenvalue weighted by atomic mass is 16.5. The molecular weight excluding hydrogens is 1000 g/mol. The van der Waals surface area contributed by atoms with E-state index in [-0.39, 0.29) is 60.3 Å². The number of pyridine rings is 1. The fourth-order valence-electron chi connectivity index (χ4n) is 14.7. The van der Waals surface area contributed by atoms with E-state index in [9.17, 15) is 14.4 Å². The molecule has 19 nitrogen and oxygen atoms in total. The molecule has 19 heteroatoms. The lowest BCUT2D eigenvalue weighted by Crippen LogP contribution is -2.62. The fourth-order valence-corrected chi connectivity index (χ4v) is 14.7. The van der Waals surface area contributed by atoms with Crippen LogP contribution in [0.2, 0.25) is 0 Å². The van der Waals surface area contributed by atoms with Crippen LogP contribution in [-0.2, 0) is 51.1 Å². The zero-order chi connectivity index (χ0) is 54.9. The number of likely N-dealkylation sites (tertiary alicyclic amines) is 2. The largest absolute Gasteiger partial charge is 0.464 e. The molecule has 8 aliphatic heterocycles. The summed E-state index contributed by atoms with van der Waals surface area (Å²) in [6, 6.07) is 7.59. The molecule has 1 saturated carbocycles. The van der Waals surface area contributed by atoms with Gasteiger partial charge >= 0.3 is 5.97 Å². The van der Waals surface area contributed by atoms with Gasteiger partial charge in [-0.3, -0.25) is 44.3 Å². The van der Waals surface area contributed by atoms with Crippen molar-refractivity contribution in [3.63, 3.8) is 0 Å². The second-order valence-corrected chi connectivity index (χ2v) is 25.9. The number of hydrogen-bond donors (Lipinski definition) is 3. The van der Waals surface area contributed by atoms with Crippen LogP contribution in [0.4, 0.5) is 11.4 Å². The molecule has 430 valence electrons. The van der Waals surface area contributed by atoms with E-state index < -0.39 is 29.5 Å². The van der Waals surface area contributed by atoms with Crippen molar-refractivity contribution in [2.45, 2.75) is 148 Å². The Morgan fingerprint density at radius 1 is 0.937 bits per heavy atom. The van der Waals surface area contributed by atoms with Crippen LogP contribution in [0.25, 0.3) is 22.2 Å². The number of nitrogens with zero attached hydrogens (tertiary/aromatic N) is 8. The summed E-state index contributed by atoms with van der Waals surface area (Å²) in [5.41, 5.74) is 10.1. The maximum atomic E-state index is 15.0. The van der Waals surface area contributed by atoms with Crippen molar-refractivity contribution in [1.29, 1.82) is 0 Å². The summed E-state index contributed by atoms with van der Waals surface area (Å²) in [5.74, 6) is -0.0252. The quantitative estimate of drug-likeness (QED) is 0.182. The summed E-state index contributed by atoms with van der Waals surface area (Å²) in [4.78, 5) is 74.8. The first-order valence-electron chi connectivity index (χ1n) is 30.0. The molecule has 2 aromatic heterocycles. The smallest absolute Gasteiger partial charge is 0.324 e. The van der Waals surface area contributed by atoms with Gasteiger partial charge in [0, 0.05) is 125 Å². The van der Waals surface area contributed by atoms with Crippen molar-refractivity contribution >= 4 is 46.0 Å². The third kappa shape index (κ3) is 11.0. The minimum atomic E-state index is -0.927. The third-order valence-electron chi connectivity index (χ3n) is 19.3. The third-order valence-corrected chi connectivity index (χ3v) is 19.3. The van der Waals surface area contributed by atoms with Gasteiger partial charge in [0.25, 0.3) is 5.91 Å². The molecule has 6 bridgehead atoms. The molecule has 3 N–H and O–H groups in total. The molecule has 10 heterocycles. The number of esters is 1. The molecule has 12 rings (SSSR count). The molecular formula is C60H87N11O8. The summed E-state index contributed by atoms with van der Waals surface area (Å²) in [7, 11) is 1.74. The molecule has 3 amide bonds. The number of hydrazine groups is 1. The first-order chi connectivity index (χ1) is 38.1. The van der Waals surface area contributed by atoms with Crippen molar-refractivity contribution in [3.05, 3.63) is 41.7 Å². The van der Waals surface area contributed by atoms with Crippen LogP contribution in [0.5, 0.6) is 0 Å². The Bertz CT molecular complexity index is 2780. The molecule has 1 aliphatic carbocycles.